The number of benzene rings is 2. The van der Waals surface area contributed by atoms with E-state index in [0.717, 1.165) is 37.5 Å². The molecule has 1 aliphatic heterocycles. The van der Waals surface area contributed by atoms with Gasteiger partial charge in [-0.15, -0.1) is 24.0 Å². The molecular formula is C23H31IN4O. The molecule has 0 bridgehead atoms. The van der Waals surface area contributed by atoms with Crippen LogP contribution in [0, 0.1) is 0 Å². The Morgan fingerprint density at radius 1 is 1.14 bits per heavy atom. The Bertz CT molecular complexity index is 810. The van der Waals surface area contributed by atoms with Gasteiger partial charge in [-0.2, -0.15) is 0 Å². The number of rotatable bonds is 6. The number of aliphatic imine (C=N–C) groups is 1. The quantitative estimate of drug-likeness (QED) is 0.354. The van der Waals surface area contributed by atoms with Crippen molar-refractivity contribution < 1.29 is 4.79 Å². The molecule has 6 heteroatoms. The molecule has 1 aliphatic rings. The second-order valence-electron chi connectivity index (χ2n) is 7.20. The lowest BCUT2D eigenvalue weighted by Crippen LogP contribution is -2.39. The van der Waals surface area contributed by atoms with Gasteiger partial charge in [0.15, 0.2) is 5.96 Å². The maximum Gasteiger partial charge on any atom is 0.251 e. The van der Waals surface area contributed by atoms with E-state index in [9.17, 15) is 4.79 Å². The average Bonchev–Trinajstić information content (AvgIpc) is 3.23. The van der Waals surface area contributed by atoms with Crippen molar-refractivity contribution in [1.82, 2.24) is 15.5 Å². The van der Waals surface area contributed by atoms with E-state index in [1.54, 1.807) is 0 Å². The van der Waals surface area contributed by atoms with Gasteiger partial charge in [0.05, 0.1) is 0 Å². The third-order valence-electron chi connectivity index (χ3n) is 5.15. The molecule has 0 radical (unpaired) electrons. The number of likely N-dealkylation sites (tertiary alicyclic amines) is 1. The molecule has 2 N–H and O–H groups in total. The SMILES string of the molecule is CCCNC(=O)c1cccc(CNC(=NC)N2CCC(c3ccccc3)C2)c1.I. The molecule has 3 rings (SSSR count). The fraction of sp³-hybridized carbons (Fsp3) is 0.391. The van der Waals surface area contributed by atoms with Crippen LogP contribution in [0.15, 0.2) is 59.6 Å². The lowest BCUT2D eigenvalue weighted by atomic mass is 9.99. The van der Waals surface area contributed by atoms with Gasteiger partial charge in [0, 0.05) is 44.7 Å². The molecule has 29 heavy (non-hydrogen) atoms. The van der Waals surface area contributed by atoms with Crippen molar-refractivity contribution in [2.45, 2.75) is 32.2 Å². The Hall–Kier alpha value is -2.09. The van der Waals surface area contributed by atoms with Gasteiger partial charge in [0.1, 0.15) is 0 Å². The lowest BCUT2D eigenvalue weighted by molar-refractivity contribution is 0.0953. The first-order valence-corrected chi connectivity index (χ1v) is 10.1. The Morgan fingerprint density at radius 3 is 2.66 bits per heavy atom. The smallest absolute Gasteiger partial charge is 0.251 e. The van der Waals surface area contributed by atoms with Crippen LogP contribution in [0.25, 0.3) is 0 Å². The highest BCUT2D eigenvalue weighted by Gasteiger charge is 2.25. The summed E-state index contributed by atoms with van der Waals surface area (Å²) in [4.78, 5) is 18.9. The standard InChI is InChI=1S/C23H30N4O.HI/c1-3-13-25-22(28)20-11-7-8-18(15-20)16-26-23(24-2)27-14-12-21(17-27)19-9-5-4-6-10-19;/h4-11,15,21H,3,12-14,16-17H2,1-2H3,(H,24,26)(H,25,28);1H. The third-order valence-corrected chi connectivity index (χ3v) is 5.15. The van der Waals surface area contributed by atoms with Gasteiger partial charge in [-0.25, -0.2) is 0 Å². The predicted octanol–water partition coefficient (Wildman–Crippen LogP) is 4.01. The van der Waals surface area contributed by atoms with Crippen LogP contribution in [-0.4, -0.2) is 43.4 Å². The summed E-state index contributed by atoms with van der Waals surface area (Å²) in [6.45, 7) is 5.37. The molecule has 0 spiro atoms. The number of nitrogens with zero attached hydrogens (tertiary/aromatic N) is 2. The van der Waals surface area contributed by atoms with Crippen molar-refractivity contribution in [2.24, 2.45) is 4.99 Å². The minimum Gasteiger partial charge on any atom is -0.352 e. The second kappa shape index (κ2) is 11.8. The van der Waals surface area contributed by atoms with Crippen LogP contribution < -0.4 is 10.6 Å². The third kappa shape index (κ3) is 6.45. The van der Waals surface area contributed by atoms with Crippen molar-refractivity contribution in [2.75, 3.05) is 26.7 Å². The molecule has 156 valence electrons. The van der Waals surface area contributed by atoms with E-state index in [4.69, 9.17) is 0 Å². The largest absolute Gasteiger partial charge is 0.352 e. The normalized spacial score (nSPS) is 16.3. The van der Waals surface area contributed by atoms with Crippen LogP contribution >= 0.6 is 24.0 Å². The van der Waals surface area contributed by atoms with E-state index >= 15 is 0 Å². The first-order valence-electron chi connectivity index (χ1n) is 10.1. The van der Waals surface area contributed by atoms with Crippen molar-refractivity contribution in [1.29, 1.82) is 0 Å². The maximum atomic E-state index is 12.2. The number of guanidine groups is 1. The van der Waals surface area contributed by atoms with Crippen molar-refractivity contribution in [3.63, 3.8) is 0 Å². The zero-order valence-corrected chi connectivity index (χ0v) is 19.6. The molecular weight excluding hydrogens is 475 g/mol. The summed E-state index contributed by atoms with van der Waals surface area (Å²) >= 11 is 0. The van der Waals surface area contributed by atoms with Gasteiger partial charge >= 0.3 is 0 Å². The minimum atomic E-state index is -0.0154. The monoisotopic (exact) mass is 506 g/mol. The van der Waals surface area contributed by atoms with Gasteiger partial charge in [0.25, 0.3) is 5.91 Å². The van der Waals surface area contributed by atoms with Crippen molar-refractivity contribution >= 4 is 35.8 Å². The second-order valence-corrected chi connectivity index (χ2v) is 7.20. The van der Waals surface area contributed by atoms with Crippen LogP contribution in [0.4, 0.5) is 0 Å². The highest BCUT2D eigenvalue weighted by atomic mass is 127. The predicted molar refractivity (Wildman–Crippen MR) is 130 cm³/mol. The Labute approximate surface area is 191 Å². The van der Waals surface area contributed by atoms with Crippen molar-refractivity contribution in [3.05, 3.63) is 71.3 Å². The van der Waals surface area contributed by atoms with E-state index in [0.29, 0.717) is 24.6 Å². The topological polar surface area (TPSA) is 56.7 Å². The molecule has 2 aromatic carbocycles. The number of nitrogens with one attached hydrogen (secondary N) is 2. The van der Waals surface area contributed by atoms with Crippen LogP contribution in [0.1, 0.15) is 47.2 Å². The van der Waals surface area contributed by atoms with Gasteiger partial charge in [0.2, 0.25) is 0 Å². The lowest BCUT2D eigenvalue weighted by Gasteiger charge is -2.22. The summed E-state index contributed by atoms with van der Waals surface area (Å²) in [5, 5.41) is 6.38. The summed E-state index contributed by atoms with van der Waals surface area (Å²) < 4.78 is 0. The summed E-state index contributed by atoms with van der Waals surface area (Å²) in [5.41, 5.74) is 3.17. The molecule has 1 atom stereocenters. The minimum absolute atomic E-state index is 0. The molecule has 1 saturated heterocycles. The van der Waals surface area contributed by atoms with E-state index in [1.807, 2.05) is 38.2 Å². The molecule has 1 amide bonds. The van der Waals surface area contributed by atoms with Crippen LogP contribution in [0.2, 0.25) is 0 Å². The zero-order chi connectivity index (χ0) is 19.8. The molecule has 1 fully saturated rings. The Kier molecular flexibility index (Phi) is 9.44. The van der Waals surface area contributed by atoms with E-state index in [-0.39, 0.29) is 29.9 Å². The van der Waals surface area contributed by atoms with Crippen LogP contribution in [0.5, 0.6) is 0 Å². The summed E-state index contributed by atoms with van der Waals surface area (Å²) in [7, 11) is 1.83. The van der Waals surface area contributed by atoms with E-state index in [2.05, 4.69) is 50.9 Å². The maximum absolute atomic E-state index is 12.2. The van der Waals surface area contributed by atoms with Crippen molar-refractivity contribution in [3.8, 4) is 0 Å². The zero-order valence-electron chi connectivity index (χ0n) is 17.2. The molecule has 0 saturated carbocycles. The van der Waals surface area contributed by atoms with E-state index < -0.39 is 0 Å². The van der Waals surface area contributed by atoms with Crippen LogP contribution in [0.3, 0.4) is 0 Å². The Balaban J connectivity index is 0.00000300. The highest BCUT2D eigenvalue weighted by molar-refractivity contribution is 14.0. The number of carbonyl (C=O) groups is 1. The number of halogens is 1. The van der Waals surface area contributed by atoms with Gasteiger partial charge in [-0.1, -0.05) is 49.4 Å². The number of amides is 1. The molecule has 0 aliphatic carbocycles. The molecule has 1 heterocycles. The van der Waals surface area contributed by atoms with E-state index in [1.165, 1.54) is 5.56 Å². The molecule has 2 aromatic rings. The first-order chi connectivity index (χ1) is 13.7. The van der Waals surface area contributed by atoms with Gasteiger partial charge in [-0.05, 0) is 36.1 Å². The average molecular weight is 506 g/mol. The number of carbonyl (C=O) groups excluding carboxylic acids is 1. The van der Waals surface area contributed by atoms with Crippen LogP contribution in [-0.2, 0) is 6.54 Å². The first kappa shape index (κ1) is 23.2. The summed E-state index contributed by atoms with van der Waals surface area (Å²) in [6, 6.07) is 18.5. The fourth-order valence-electron chi connectivity index (χ4n) is 3.63. The molecule has 0 aromatic heterocycles. The highest BCUT2D eigenvalue weighted by Crippen LogP contribution is 2.26. The van der Waals surface area contributed by atoms with Gasteiger partial charge in [-0.3, -0.25) is 9.79 Å². The summed E-state index contributed by atoms with van der Waals surface area (Å²) in [6.07, 6.45) is 2.07. The molecule has 1 unspecified atom stereocenters. The fourth-order valence-corrected chi connectivity index (χ4v) is 3.63. The molecule has 5 nitrogen and oxygen atoms in total. The Morgan fingerprint density at radius 2 is 1.93 bits per heavy atom. The number of hydrogen-bond donors (Lipinski definition) is 2. The number of hydrogen-bond acceptors (Lipinski definition) is 2. The summed E-state index contributed by atoms with van der Waals surface area (Å²) in [5.74, 6) is 1.45. The van der Waals surface area contributed by atoms with Gasteiger partial charge < -0.3 is 15.5 Å².